The molecule has 302 valence electrons. The predicted molar refractivity (Wildman–Crippen MR) is 183 cm³/mol. The minimum Gasteiger partial charge on any atom is -0.394 e. The van der Waals surface area contributed by atoms with Gasteiger partial charge in [0.05, 0.1) is 32.0 Å². The Kier molecular flexibility index (Phi) is 10.5. The van der Waals surface area contributed by atoms with Gasteiger partial charge in [-0.05, 0) is 85.4 Å². The number of aliphatic hydroxyl groups excluding tert-OH is 7. The molecule has 14 nitrogen and oxygen atoms in total. The number of hydrogen-bond acceptors (Lipinski definition) is 14. The van der Waals surface area contributed by atoms with Crippen LogP contribution in [0.1, 0.15) is 85.5 Å². The molecule has 4 aliphatic carbocycles. The molecule has 0 bridgehead atoms. The van der Waals surface area contributed by atoms with Crippen molar-refractivity contribution in [3.8, 4) is 0 Å². The molecule has 7 N–H and O–H groups in total. The van der Waals surface area contributed by atoms with Crippen molar-refractivity contribution in [2.75, 3.05) is 19.8 Å². The molecule has 4 aliphatic heterocycles. The second kappa shape index (κ2) is 14.2. The van der Waals surface area contributed by atoms with Gasteiger partial charge in [-0.15, -0.1) is 0 Å². The molecule has 0 amide bonds. The third kappa shape index (κ3) is 6.12. The number of ether oxygens (including phenoxy) is 6. The number of carbonyl (C=O) groups excluding carboxylic acids is 1. The van der Waals surface area contributed by atoms with Crippen LogP contribution in [0.15, 0.2) is 0 Å². The molecule has 0 aromatic carbocycles. The van der Waals surface area contributed by atoms with Crippen molar-refractivity contribution in [2.24, 2.45) is 52.3 Å². The van der Waals surface area contributed by atoms with Gasteiger partial charge in [-0.2, -0.15) is 0 Å². The van der Waals surface area contributed by atoms with Gasteiger partial charge < -0.3 is 64.2 Å². The molecule has 0 aromatic heterocycles. The summed E-state index contributed by atoms with van der Waals surface area (Å²) in [5.74, 6) is 1.91. The van der Waals surface area contributed by atoms with E-state index in [1.165, 1.54) is 0 Å². The number of ketones is 1. The first kappa shape index (κ1) is 39.0. The van der Waals surface area contributed by atoms with Crippen LogP contribution in [0.2, 0.25) is 0 Å². The fraction of sp³-hybridized carbons (Fsp3) is 0.974. The van der Waals surface area contributed by atoms with E-state index in [4.69, 9.17) is 28.4 Å². The molecule has 14 heteroatoms. The van der Waals surface area contributed by atoms with Crippen molar-refractivity contribution < 1.29 is 69.0 Å². The number of aliphatic hydroxyl groups is 7. The Morgan fingerprint density at radius 2 is 1.47 bits per heavy atom. The Bertz CT molecular complexity index is 1340. The van der Waals surface area contributed by atoms with Gasteiger partial charge in [-0.25, -0.2) is 0 Å². The van der Waals surface area contributed by atoms with Crippen LogP contribution in [0, 0.1) is 52.3 Å². The van der Waals surface area contributed by atoms with Gasteiger partial charge in [0.15, 0.2) is 18.4 Å². The average Bonchev–Trinajstić information content (AvgIpc) is 3.57. The first-order valence-corrected chi connectivity index (χ1v) is 20.2. The van der Waals surface area contributed by atoms with Gasteiger partial charge in [-0.3, -0.25) is 4.79 Å². The van der Waals surface area contributed by atoms with Gasteiger partial charge in [0, 0.05) is 24.7 Å². The molecule has 8 fully saturated rings. The van der Waals surface area contributed by atoms with Crippen molar-refractivity contribution in [1.29, 1.82) is 0 Å². The van der Waals surface area contributed by atoms with E-state index in [-0.39, 0.29) is 40.8 Å². The average molecular weight is 755 g/mol. The SMILES string of the molecule is C[C@@H]1CC[C@@]2(OC1)O[C@H]1C[C@H]3C4CC[C@H]5C[C@@H](O[C@@H]6O[C@H](CO)[C@@H](O[C@@H]7O[C@H](CO)[C@@H](O)[C@H](O)[C@H]7O)[C@H](O)[C@H]6O)CC[C@]5(C)[C@H]4C(=O)C[C@]3(C)C1[C@@H]2C. The van der Waals surface area contributed by atoms with Crippen LogP contribution in [-0.2, 0) is 33.2 Å². The molecule has 22 atom stereocenters. The number of rotatable bonds is 6. The van der Waals surface area contributed by atoms with Crippen molar-refractivity contribution in [1.82, 2.24) is 0 Å². The molecule has 0 aromatic rings. The molecular weight excluding hydrogens is 692 g/mol. The maximum absolute atomic E-state index is 14.5. The maximum atomic E-state index is 14.5. The van der Waals surface area contributed by atoms with Gasteiger partial charge in [-0.1, -0.05) is 27.7 Å². The highest BCUT2D eigenvalue weighted by Crippen LogP contribution is 2.70. The van der Waals surface area contributed by atoms with Crippen molar-refractivity contribution in [2.45, 2.75) is 165 Å². The second-order valence-corrected chi connectivity index (χ2v) is 18.7. The Balaban J connectivity index is 0.911. The minimum atomic E-state index is -1.74. The minimum absolute atomic E-state index is 0.0208. The normalized spacial score (nSPS) is 58.2. The molecule has 4 saturated carbocycles. The topological polar surface area (TPSA) is 214 Å². The highest BCUT2D eigenvalue weighted by atomic mass is 16.7. The zero-order valence-electron chi connectivity index (χ0n) is 31.4. The van der Waals surface area contributed by atoms with Crippen LogP contribution < -0.4 is 0 Å². The van der Waals surface area contributed by atoms with Crippen LogP contribution in [-0.4, -0.2) is 141 Å². The van der Waals surface area contributed by atoms with Gasteiger partial charge in [0.2, 0.25) is 0 Å². The summed E-state index contributed by atoms with van der Waals surface area (Å²) in [4.78, 5) is 14.5. The summed E-state index contributed by atoms with van der Waals surface area (Å²) >= 11 is 0. The Labute approximate surface area is 311 Å². The zero-order chi connectivity index (χ0) is 37.8. The summed E-state index contributed by atoms with van der Waals surface area (Å²) in [6.45, 7) is 8.63. The Morgan fingerprint density at radius 1 is 0.774 bits per heavy atom. The van der Waals surface area contributed by atoms with Crippen LogP contribution in [0.5, 0.6) is 0 Å². The van der Waals surface area contributed by atoms with E-state index in [2.05, 4.69) is 27.7 Å². The fourth-order valence-corrected chi connectivity index (χ4v) is 13.0. The van der Waals surface area contributed by atoms with Crippen molar-refractivity contribution in [3.63, 3.8) is 0 Å². The van der Waals surface area contributed by atoms with E-state index in [9.17, 15) is 40.5 Å². The Hall–Kier alpha value is -0.850. The largest absolute Gasteiger partial charge is 0.394 e. The van der Waals surface area contributed by atoms with Crippen LogP contribution in [0.4, 0.5) is 0 Å². The third-order valence-corrected chi connectivity index (χ3v) is 15.9. The first-order chi connectivity index (χ1) is 25.2. The lowest BCUT2D eigenvalue weighted by Crippen LogP contribution is -2.65. The molecule has 53 heavy (non-hydrogen) atoms. The lowest BCUT2D eigenvalue weighted by molar-refractivity contribution is -0.364. The summed E-state index contributed by atoms with van der Waals surface area (Å²) < 4.78 is 36.8. The highest BCUT2D eigenvalue weighted by molar-refractivity contribution is 5.84. The number of fused-ring (bicyclic) bond motifs is 7. The van der Waals surface area contributed by atoms with Gasteiger partial charge >= 0.3 is 0 Å². The molecule has 4 heterocycles. The van der Waals surface area contributed by atoms with Crippen LogP contribution in [0.3, 0.4) is 0 Å². The third-order valence-electron chi connectivity index (χ3n) is 15.9. The summed E-state index contributed by atoms with van der Waals surface area (Å²) in [6.07, 6.45) is -7.48. The molecular formula is C39H62O14. The fourth-order valence-electron chi connectivity index (χ4n) is 13.0. The van der Waals surface area contributed by atoms with E-state index < -0.39 is 80.4 Å². The second-order valence-electron chi connectivity index (χ2n) is 18.7. The summed E-state index contributed by atoms with van der Waals surface area (Å²) in [5.41, 5.74) is -0.288. The van der Waals surface area contributed by atoms with E-state index in [0.29, 0.717) is 48.7 Å². The number of carbonyl (C=O) groups is 1. The standard InChI is InChI=1S/C39H62O14/c1-17-7-10-39(48-16-17)18(2)27-24(53-39)12-22-21-6-5-19-11-20(8-9-37(19,3)28(21)23(42)13-38(22,27)4)49-35-33(47)31(45)34(26(15-41)51-35)52-36-32(46)30(44)29(43)25(14-40)50-36/h17-22,24-36,40-41,43-47H,5-16H2,1-4H3/t17-,18+,19+,20+,21?,22+,24+,25-,26-,27?,28-,29-,30+,31-,32-,33-,34-,35-,36+,37+,38+,39-/m1/s1. The summed E-state index contributed by atoms with van der Waals surface area (Å²) in [6, 6.07) is 0. The molecule has 8 rings (SSSR count). The Morgan fingerprint density at radius 3 is 2.17 bits per heavy atom. The first-order valence-electron chi connectivity index (χ1n) is 20.2. The van der Waals surface area contributed by atoms with Gasteiger partial charge in [0.25, 0.3) is 0 Å². The highest BCUT2D eigenvalue weighted by Gasteiger charge is 2.71. The number of Topliss-reactive ketones (excluding diaryl/α,β-unsaturated/α-hetero) is 1. The molecule has 4 saturated heterocycles. The van der Waals surface area contributed by atoms with E-state index in [0.717, 1.165) is 45.1 Å². The molecule has 1 spiro atoms. The summed E-state index contributed by atoms with van der Waals surface area (Å²) in [7, 11) is 0. The van der Waals surface area contributed by atoms with E-state index >= 15 is 0 Å². The summed E-state index contributed by atoms with van der Waals surface area (Å²) in [5, 5.41) is 72.7. The lowest BCUT2D eigenvalue weighted by atomic mass is 9.44. The van der Waals surface area contributed by atoms with E-state index in [1.54, 1.807) is 0 Å². The maximum Gasteiger partial charge on any atom is 0.187 e. The number of hydrogen-bond donors (Lipinski definition) is 7. The van der Waals surface area contributed by atoms with Crippen molar-refractivity contribution >= 4 is 5.78 Å². The lowest BCUT2D eigenvalue weighted by Gasteiger charge is -2.60. The van der Waals surface area contributed by atoms with Crippen LogP contribution in [0.25, 0.3) is 0 Å². The monoisotopic (exact) mass is 754 g/mol. The molecule has 8 aliphatic rings. The van der Waals surface area contributed by atoms with Crippen LogP contribution >= 0.6 is 0 Å². The zero-order valence-corrected chi connectivity index (χ0v) is 31.4. The quantitative estimate of drug-likeness (QED) is 0.185. The molecule has 0 radical (unpaired) electrons. The van der Waals surface area contributed by atoms with E-state index in [1.807, 2.05) is 0 Å². The molecule has 2 unspecified atom stereocenters. The van der Waals surface area contributed by atoms with Crippen molar-refractivity contribution in [3.05, 3.63) is 0 Å². The smallest absolute Gasteiger partial charge is 0.187 e. The van der Waals surface area contributed by atoms with Gasteiger partial charge in [0.1, 0.15) is 54.6 Å². The predicted octanol–water partition coefficient (Wildman–Crippen LogP) is 0.621.